The third-order valence-corrected chi connectivity index (χ3v) is 11.9. The molecular formula is C53H58N3O2+. The fourth-order valence-electron chi connectivity index (χ4n) is 9.33. The van der Waals surface area contributed by atoms with Crippen LogP contribution >= 0.6 is 0 Å². The summed E-state index contributed by atoms with van der Waals surface area (Å²) in [6.07, 6.45) is 3.71. The van der Waals surface area contributed by atoms with Crippen LogP contribution in [0, 0.1) is 47.5 Å². The molecule has 6 aromatic carbocycles. The number of fused-ring (bicyclic) bond motifs is 1. The van der Waals surface area contributed by atoms with Gasteiger partial charge in [0.25, 0.3) is 0 Å². The van der Waals surface area contributed by atoms with Gasteiger partial charge in [-0.3, -0.25) is 0 Å². The SMILES string of the molecule is C=C(C)C(=O)OC1CCCCC1Nc1ccc([C+](c2ccc(N(C)c3c(C)cc(C)cc3C)cc2)c2ccc(N(C)c3c(C)cc(C)cc3C)cc2)c2ccccc12. The number of benzene rings is 6. The lowest BCUT2D eigenvalue weighted by Gasteiger charge is -2.33. The molecule has 0 amide bonds. The molecule has 2 unspecified atom stereocenters. The maximum Gasteiger partial charge on any atom is 0.333 e. The lowest BCUT2D eigenvalue weighted by atomic mass is 9.82. The molecule has 0 saturated heterocycles. The number of anilines is 5. The van der Waals surface area contributed by atoms with Crippen LogP contribution in [-0.4, -0.2) is 32.2 Å². The molecule has 0 heterocycles. The van der Waals surface area contributed by atoms with Crippen molar-refractivity contribution in [1.82, 2.24) is 0 Å². The summed E-state index contributed by atoms with van der Waals surface area (Å²) in [6, 6.07) is 40.2. The largest absolute Gasteiger partial charge is 0.457 e. The van der Waals surface area contributed by atoms with E-state index in [1.54, 1.807) is 6.92 Å². The molecule has 1 saturated carbocycles. The van der Waals surface area contributed by atoms with E-state index in [0.29, 0.717) is 5.57 Å². The van der Waals surface area contributed by atoms with E-state index in [0.717, 1.165) is 70.2 Å². The zero-order valence-corrected chi connectivity index (χ0v) is 35.8. The van der Waals surface area contributed by atoms with E-state index >= 15 is 0 Å². The van der Waals surface area contributed by atoms with Crippen LogP contribution in [0.25, 0.3) is 10.8 Å². The van der Waals surface area contributed by atoms with Crippen molar-refractivity contribution >= 4 is 45.2 Å². The highest BCUT2D eigenvalue weighted by Gasteiger charge is 2.31. The first-order valence-corrected chi connectivity index (χ1v) is 20.7. The fourth-order valence-corrected chi connectivity index (χ4v) is 9.33. The Morgan fingerprint density at radius 3 is 1.60 bits per heavy atom. The quantitative estimate of drug-likeness (QED) is 0.0615. The molecule has 0 bridgehead atoms. The lowest BCUT2D eigenvalue weighted by Crippen LogP contribution is -2.40. The second-order valence-corrected chi connectivity index (χ2v) is 16.5. The molecule has 1 aliphatic carbocycles. The summed E-state index contributed by atoms with van der Waals surface area (Å²) in [6.45, 7) is 18.6. The van der Waals surface area contributed by atoms with Crippen molar-refractivity contribution in [1.29, 1.82) is 0 Å². The molecule has 0 spiro atoms. The summed E-state index contributed by atoms with van der Waals surface area (Å²) in [5.41, 5.74) is 17.3. The van der Waals surface area contributed by atoms with E-state index in [2.05, 4.69) is 187 Å². The standard InChI is InChI=1S/C53H58N3O2/c1-33(2)53(57)58-49-18-14-13-17-48(49)54-47-28-27-46(44-15-11-12-16-45(44)47)50(40-19-23-42(24-20-40)55(9)51-36(5)29-34(3)30-37(51)6)41-21-25-43(26-22-41)56(10)52-38(7)31-35(4)32-39(52)8/h11-12,15-16,19-32,48-49,54H,1,13-14,17-18H2,2-10H3/q+1. The van der Waals surface area contributed by atoms with Gasteiger partial charge < -0.3 is 19.9 Å². The van der Waals surface area contributed by atoms with Gasteiger partial charge >= 0.3 is 5.97 Å². The summed E-state index contributed by atoms with van der Waals surface area (Å²) in [5.74, 6) is 0.850. The van der Waals surface area contributed by atoms with Crippen LogP contribution < -0.4 is 15.1 Å². The summed E-state index contributed by atoms with van der Waals surface area (Å²) in [4.78, 5) is 17.2. The van der Waals surface area contributed by atoms with Crippen molar-refractivity contribution in [3.05, 3.63) is 177 Å². The van der Waals surface area contributed by atoms with E-state index in [-0.39, 0.29) is 18.1 Å². The van der Waals surface area contributed by atoms with Gasteiger partial charge in [-0.25, -0.2) is 4.79 Å². The third kappa shape index (κ3) is 8.22. The van der Waals surface area contributed by atoms with E-state index < -0.39 is 0 Å². The molecule has 1 N–H and O–H groups in total. The molecule has 0 radical (unpaired) electrons. The predicted octanol–water partition coefficient (Wildman–Crippen LogP) is 13.1. The molecule has 5 nitrogen and oxygen atoms in total. The molecule has 5 heteroatoms. The number of hydrogen-bond acceptors (Lipinski definition) is 5. The average Bonchev–Trinajstić information content (AvgIpc) is 3.19. The van der Waals surface area contributed by atoms with E-state index in [9.17, 15) is 4.79 Å². The second kappa shape index (κ2) is 16.9. The van der Waals surface area contributed by atoms with Crippen molar-refractivity contribution < 1.29 is 9.53 Å². The smallest absolute Gasteiger partial charge is 0.333 e. The Bertz CT molecular complexity index is 2310. The van der Waals surface area contributed by atoms with Crippen LogP contribution in [0.5, 0.6) is 0 Å². The van der Waals surface area contributed by atoms with Crippen molar-refractivity contribution in [2.75, 3.05) is 29.2 Å². The zero-order valence-electron chi connectivity index (χ0n) is 35.8. The van der Waals surface area contributed by atoms with Gasteiger partial charge in [0.15, 0.2) is 0 Å². The minimum absolute atomic E-state index is 0.0189. The first-order valence-electron chi connectivity index (χ1n) is 20.7. The Labute approximate surface area is 346 Å². The molecule has 1 aliphatic rings. The fraction of sp³-hybridized carbons (Fsp3) is 0.283. The van der Waals surface area contributed by atoms with Crippen LogP contribution in [0.15, 0.2) is 121 Å². The number of nitrogens with zero attached hydrogens (tertiary/aromatic N) is 2. The Hall–Kier alpha value is -5.94. The highest BCUT2D eigenvalue weighted by molar-refractivity contribution is 5.98. The molecule has 0 aliphatic heterocycles. The topological polar surface area (TPSA) is 44.8 Å². The van der Waals surface area contributed by atoms with E-state index in [4.69, 9.17) is 4.74 Å². The Morgan fingerprint density at radius 2 is 1.12 bits per heavy atom. The Balaban J connectivity index is 1.29. The molecule has 58 heavy (non-hydrogen) atoms. The molecule has 2 atom stereocenters. The van der Waals surface area contributed by atoms with Crippen LogP contribution in [0.4, 0.5) is 28.4 Å². The van der Waals surface area contributed by atoms with Crippen LogP contribution in [-0.2, 0) is 9.53 Å². The number of nitrogens with one attached hydrogen (secondary N) is 1. The number of esters is 1. The molecular weight excluding hydrogens is 711 g/mol. The molecule has 6 aromatic rings. The normalized spacial score (nSPS) is 15.2. The molecule has 1 fully saturated rings. The van der Waals surface area contributed by atoms with Gasteiger partial charge in [0, 0.05) is 41.8 Å². The van der Waals surface area contributed by atoms with Crippen LogP contribution in [0.1, 0.15) is 82.7 Å². The minimum Gasteiger partial charge on any atom is -0.457 e. The van der Waals surface area contributed by atoms with E-state index in [1.165, 1.54) is 50.7 Å². The highest BCUT2D eigenvalue weighted by Crippen LogP contribution is 2.41. The maximum absolute atomic E-state index is 12.6. The second-order valence-electron chi connectivity index (χ2n) is 16.5. The molecule has 7 rings (SSSR count). The first-order chi connectivity index (χ1) is 27.8. The number of ether oxygens (including phenoxy) is 1. The van der Waals surface area contributed by atoms with Gasteiger partial charge in [0.1, 0.15) is 6.10 Å². The molecule has 0 aromatic heterocycles. The van der Waals surface area contributed by atoms with Crippen molar-refractivity contribution in [2.24, 2.45) is 0 Å². The summed E-state index contributed by atoms with van der Waals surface area (Å²) in [7, 11) is 4.32. The summed E-state index contributed by atoms with van der Waals surface area (Å²) in [5, 5.41) is 6.13. The predicted molar refractivity (Wildman–Crippen MR) is 245 cm³/mol. The number of hydrogen-bond donors (Lipinski definition) is 1. The van der Waals surface area contributed by atoms with Gasteiger partial charge in [0.2, 0.25) is 0 Å². The monoisotopic (exact) mass is 768 g/mol. The minimum atomic E-state index is -0.319. The van der Waals surface area contributed by atoms with Gasteiger partial charge in [-0.1, -0.05) is 60.5 Å². The van der Waals surface area contributed by atoms with Crippen molar-refractivity contribution in [3.8, 4) is 0 Å². The van der Waals surface area contributed by atoms with Crippen molar-refractivity contribution in [3.63, 3.8) is 0 Å². The van der Waals surface area contributed by atoms with E-state index in [1.807, 2.05) is 0 Å². The van der Waals surface area contributed by atoms with Crippen molar-refractivity contribution in [2.45, 2.75) is 86.3 Å². The lowest BCUT2D eigenvalue weighted by molar-refractivity contribution is -0.146. The number of carbonyl (C=O) groups is 1. The number of rotatable bonds is 11. The maximum atomic E-state index is 12.6. The highest BCUT2D eigenvalue weighted by atomic mass is 16.5. The summed E-state index contributed by atoms with van der Waals surface area (Å²) < 4.78 is 5.96. The number of aryl methyl sites for hydroxylation is 6. The summed E-state index contributed by atoms with van der Waals surface area (Å²) >= 11 is 0. The molecule has 296 valence electrons. The van der Waals surface area contributed by atoms with Crippen LogP contribution in [0.3, 0.4) is 0 Å². The third-order valence-electron chi connectivity index (χ3n) is 11.9. The van der Waals surface area contributed by atoms with Gasteiger partial charge in [-0.05, 0) is 163 Å². The van der Waals surface area contributed by atoms with Gasteiger partial charge in [-0.15, -0.1) is 0 Å². The number of carbonyl (C=O) groups excluding carboxylic acids is 1. The van der Waals surface area contributed by atoms with Crippen LogP contribution in [0.2, 0.25) is 0 Å². The Morgan fingerprint density at radius 1 is 0.655 bits per heavy atom. The Kier molecular flexibility index (Phi) is 11.7. The van der Waals surface area contributed by atoms with Gasteiger partial charge in [0.05, 0.1) is 45.7 Å². The van der Waals surface area contributed by atoms with Gasteiger partial charge in [-0.2, -0.15) is 0 Å². The zero-order chi connectivity index (χ0) is 41.2. The first kappa shape index (κ1) is 40.3. The average molecular weight is 769 g/mol.